The van der Waals surface area contributed by atoms with Crippen molar-refractivity contribution in [3.05, 3.63) is 35.4 Å². The molecule has 1 fully saturated rings. The van der Waals surface area contributed by atoms with E-state index in [2.05, 4.69) is 11.8 Å². The van der Waals surface area contributed by atoms with Gasteiger partial charge in [-0.15, -0.1) is 0 Å². The zero-order valence-electron chi connectivity index (χ0n) is 11.8. The van der Waals surface area contributed by atoms with Gasteiger partial charge in [0.05, 0.1) is 6.54 Å². The Morgan fingerprint density at radius 3 is 2.90 bits per heavy atom. The van der Waals surface area contributed by atoms with Gasteiger partial charge in [0.15, 0.2) is 0 Å². The van der Waals surface area contributed by atoms with Crippen molar-refractivity contribution in [3.8, 4) is 11.8 Å². The fourth-order valence-electron chi connectivity index (χ4n) is 2.32. The number of nitrogens with zero attached hydrogens (tertiary/aromatic N) is 1. The molecule has 4 nitrogen and oxygen atoms in total. The summed E-state index contributed by atoms with van der Waals surface area (Å²) in [5.41, 5.74) is 6.85. The highest BCUT2D eigenvalue weighted by Gasteiger charge is 2.23. The summed E-state index contributed by atoms with van der Waals surface area (Å²) in [5, 5.41) is 0. The van der Waals surface area contributed by atoms with Gasteiger partial charge in [0.2, 0.25) is 0 Å². The highest BCUT2D eigenvalue weighted by molar-refractivity contribution is 5.94. The number of amides is 1. The van der Waals surface area contributed by atoms with Crippen LogP contribution in [0, 0.1) is 11.8 Å². The quantitative estimate of drug-likeness (QED) is 0.824. The number of rotatable bonds is 2. The van der Waals surface area contributed by atoms with E-state index in [4.69, 9.17) is 10.5 Å². The van der Waals surface area contributed by atoms with E-state index in [1.807, 2.05) is 36.2 Å². The molecule has 20 heavy (non-hydrogen) atoms. The third-order valence-corrected chi connectivity index (χ3v) is 3.50. The molecule has 0 spiro atoms. The number of hydrogen-bond donors (Lipinski definition) is 1. The van der Waals surface area contributed by atoms with Gasteiger partial charge in [0.1, 0.15) is 0 Å². The van der Waals surface area contributed by atoms with Crippen LogP contribution < -0.4 is 5.73 Å². The molecule has 0 radical (unpaired) electrons. The molecule has 106 valence electrons. The van der Waals surface area contributed by atoms with Crippen molar-refractivity contribution in [2.24, 2.45) is 5.73 Å². The minimum Gasteiger partial charge on any atom is -0.381 e. The molecule has 1 amide bonds. The third-order valence-electron chi connectivity index (χ3n) is 3.50. The second-order valence-electron chi connectivity index (χ2n) is 4.85. The standard InChI is InChI=1S/C16H20N2O2/c1-18(15-7-10-20-11-8-15)16(19)14-6-2-4-13(12-14)5-3-9-17/h2,4,6,12,15H,7-11,17H2,1H3. The maximum atomic E-state index is 12.5. The fourth-order valence-corrected chi connectivity index (χ4v) is 2.32. The summed E-state index contributed by atoms with van der Waals surface area (Å²) >= 11 is 0. The molecule has 1 aliphatic rings. The van der Waals surface area contributed by atoms with Crippen LogP contribution >= 0.6 is 0 Å². The normalized spacial score (nSPS) is 15.3. The molecular weight excluding hydrogens is 252 g/mol. The van der Waals surface area contributed by atoms with Gasteiger partial charge in [-0.2, -0.15) is 0 Å². The molecular formula is C16H20N2O2. The lowest BCUT2D eigenvalue weighted by atomic mass is 10.1. The molecule has 0 atom stereocenters. The van der Waals surface area contributed by atoms with Crippen LogP contribution in [-0.4, -0.2) is 43.7 Å². The van der Waals surface area contributed by atoms with E-state index in [-0.39, 0.29) is 11.9 Å². The van der Waals surface area contributed by atoms with E-state index in [0.29, 0.717) is 12.1 Å². The predicted octanol–water partition coefficient (Wildman–Crippen LogP) is 1.25. The molecule has 0 aliphatic carbocycles. The highest BCUT2D eigenvalue weighted by Crippen LogP contribution is 2.16. The van der Waals surface area contributed by atoms with Gasteiger partial charge in [0, 0.05) is 37.4 Å². The Morgan fingerprint density at radius 1 is 1.45 bits per heavy atom. The van der Waals surface area contributed by atoms with Crippen LogP contribution in [0.2, 0.25) is 0 Å². The van der Waals surface area contributed by atoms with E-state index < -0.39 is 0 Å². The monoisotopic (exact) mass is 272 g/mol. The Morgan fingerprint density at radius 2 is 2.20 bits per heavy atom. The second-order valence-corrected chi connectivity index (χ2v) is 4.85. The molecule has 0 saturated carbocycles. The van der Waals surface area contributed by atoms with Gasteiger partial charge in [-0.25, -0.2) is 0 Å². The molecule has 1 saturated heterocycles. The number of ether oxygens (including phenoxy) is 1. The number of benzene rings is 1. The Hall–Kier alpha value is -1.83. The SMILES string of the molecule is CN(C(=O)c1cccc(C#CCN)c1)C1CCOCC1. The average molecular weight is 272 g/mol. The Kier molecular flexibility index (Phi) is 5.16. The van der Waals surface area contributed by atoms with E-state index in [1.165, 1.54) is 0 Å². The second kappa shape index (κ2) is 7.09. The van der Waals surface area contributed by atoms with Gasteiger partial charge in [-0.3, -0.25) is 4.79 Å². The van der Waals surface area contributed by atoms with Crippen molar-refractivity contribution in [1.82, 2.24) is 4.90 Å². The molecule has 0 unspecified atom stereocenters. The smallest absolute Gasteiger partial charge is 0.253 e. The van der Waals surface area contributed by atoms with Crippen LogP contribution in [0.4, 0.5) is 0 Å². The molecule has 0 bridgehead atoms. The van der Waals surface area contributed by atoms with Crippen molar-refractivity contribution < 1.29 is 9.53 Å². The Labute approximate surface area is 119 Å². The van der Waals surface area contributed by atoms with Crippen LogP contribution in [0.5, 0.6) is 0 Å². The number of hydrogen-bond acceptors (Lipinski definition) is 3. The summed E-state index contributed by atoms with van der Waals surface area (Å²) in [4.78, 5) is 14.3. The van der Waals surface area contributed by atoms with E-state index in [9.17, 15) is 4.79 Å². The molecule has 1 aromatic rings. The minimum absolute atomic E-state index is 0.0355. The molecule has 1 aromatic carbocycles. The van der Waals surface area contributed by atoms with E-state index in [1.54, 1.807) is 0 Å². The summed E-state index contributed by atoms with van der Waals surface area (Å²) in [6, 6.07) is 7.64. The van der Waals surface area contributed by atoms with Gasteiger partial charge in [-0.05, 0) is 31.0 Å². The van der Waals surface area contributed by atoms with Crippen molar-refractivity contribution in [2.45, 2.75) is 18.9 Å². The van der Waals surface area contributed by atoms with Crippen LogP contribution in [0.3, 0.4) is 0 Å². The fraction of sp³-hybridized carbons (Fsp3) is 0.438. The molecule has 2 rings (SSSR count). The molecule has 2 N–H and O–H groups in total. The summed E-state index contributed by atoms with van der Waals surface area (Å²) in [6.45, 7) is 1.77. The van der Waals surface area contributed by atoms with Crippen molar-refractivity contribution in [2.75, 3.05) is 26.8 Å². The first-order valence-electron chi connectivity index (χ1n) is 6.86. The first kappa shape index (κ1) is 14.6. The van der Waals surface area contributed by atoms with Crippen molar-refractivity contribution in [3.63, 3.8) is 0 Å². The molecule has 4 heteroatoms. The molecule has 0 aromatic heterocycles. The summed E-state index contributed by atoms with van der Waals surface area (Å²) in [7, 11) is 1.86. The van der Waals surface area contributed by atoms with Gasteiger partial charge in [0.25, 0.3) is 5.91 Å². The molecule has 1 heterocycles. The average Bonchev–Trinajstić information content (AvgIpc) is 2.52. The van der Waals surface area contributed by atoms with Crippen LogP contribution in [-0.2, 0) is 4.74 Å². The lowest BCUT2D eigenvalue weighted by molar-refractivity contribution is 0.0362. The van der Waals surface area contributed by atoms with Gasteiger partial charge in [-0.1, -0.05) is 17.9 Å². The summed E-state index contributed by atoms with van der Waals surface area (Å²) in [6.07, 6.45) is 1.80. The number of carbonyl (C=O) groups is 1. The van der Waals surface area contributed by atoms with Crippen LogP contribution in [0.25, 0.3) is 0 Å². The minimum atomic E-state index is 0.0355. The zero-order chi connectivity index (χ0) is 14.4. The Bertz CT molecular complexity index is 525. The van der Waals surface area contributed by atoms with Crippen LogP contribution in [0.1, 0.15) is 28.8 Å². The maximum Gasteiger partial charge on any atom is 0.253 e. The number of carbonyl (C=O) groups excluding carboxylic acids is 1. The van der Waals surface area contributed by atoms with E-state index >= 15 is 0 Å². The van der Waals surface area contributed by atoms with E-state index in [0.717, 1.165) is 31.6 Å². The van der Waals surface area contributed by atoms with Crippen LogP contribution in [0.15, 0.2) is 24.3 Å². The first-order valence-corrected chi connectivity index (χ1v) is 6.86. The number of nitrogens with two attached hydrogens (primary N) is 1. The maximum absolute atomic E-state index is 12.5. The Balaban J connectivity index is 2.11. The summed E-state index contributed by atoms with van der Waals surface area (Å²) in [5.74, 6) is 5.79. The molecule has 1 aliphatic heterocycles. The van der Waals surface area contributed by atoms with Crippen molar-refractivity contribution >= 4 is 5.91 Å². The highest BCUT2D eigenvalue weighted by atomic mass is 16.5. The largest absolute Gasteiger partial charge is 0.381 e. The topological polar surface area (TPSA) is 55.6 Å². The van der Waals surface area contributed by atoms with Gasteiger partial charge < -0.3 is 15.4 Å². The first-order chi connectivity index (χ1) is 9.72. The van der Waals surface area contributed by atoms with Gasteiger partial charge >= 0.3 is 0 Å². The van der Waals surface area contributed by atoms with Crippen molar-refractivity contribution in [1.29, 1.82) is 0 Å². The lowest BCUT2D eigenvalue weighted by Gasteiger charge is -2.31. The summed E-state index contributed by atoms with van der Waals surface area (Å²) < 4.78 is 5.33. The zero-order valence-corrected chi connectivity index (χ0v) is 11.8. The predicted molar refractivity (Wildman–Crippen MR) is 78.3 cm³/mol. The third kappa shape index (κ3) is 3.60. The lowest BCUT2D eigenvalue weighted by Crippen LogP contribution is -2.40.